The lowest BCUT2D eigenvalue weighted by molar-refractivity contribution is -0.119. The largest absolute Gasteiger partial charge is 0.330 e. The SMILES string of the molecule is CC(CCN)CCC(=O)CCCc1ccccc1. The maximum absolute atomic E-state index is 11.7. The maximum atomic E-state index is 11.7. The summed E-state index contributed by atoms with van der Waals surface area (Å²) in [5.74, 6) is 0.975. The third-order valence-corrected chi connectivity index (χ3v) is 3.34. The van der Waals surface area contributed by atoms with Crippen molar-refractivity contribution in [2.24, 2.45) is 11.7 Å². The number of rotatable bonds is 9. The Balaban J connectivity index is 2.10. The zero-order valence-electron chi connectivity index (χ0n) is 11.4. The second-order valence-electron chi connectivity index (χ2n) is 5.10. The third-order valence-electron chi connectivity index (χ3n) is 3.34. The first-order valence-electron chi connectivity index (χ1n) is 6.98. The van der Waals surface area contributed by atoms with Crippen LogP contribution in [0.4, 0.5) is 0 Å². The second kappa shape index (κ2) is 8.87. The van der Waals surface area contributed by atoms with Gasteiger partial charge in [0, 0.05) is 12.8 Å². The fraction of sp³-hybridized carbons (Fsp3) is 0.562. The minimum Gasteiger partial charge on any atom is -0.330 e. The van der Waals surface area contributed by atoms with Crippen molar-refractivity contribution in [2.45, 2.75) is 45.4 Å². The standard InChI is InChI=1S/C16H25NO/c1-14(12-13-17)10-11-16(18)9-5-8-15-6-3-2-4-7-15/h2-4,6-7,14H,5,8-13,17H2,1H3. The molecule has 100 valence electrons. The minimum absolute atomic E-state index is 0.398. The molecule has 1 aromatic carbocycles. The molecule has 0 saturated carbocycles. The van der Waals surface area contributed by atoms with Crippen LogP contribution in [0.5, 0.6) is 0 Å². The van der Waals surface area contributed by atoms with E-state index in [1.807, 2.05) is 18.2 Å². The summed E-state index contributed by atoms with van der Waals surface area (Å²) in [5.41, 5.74) is 6.82. The van der Waals surface area contributed by atoms with E-state index < -0.39 is 0 Å². The van der Waals surface area contributed by atoms with E-state index in [4.69, 9.17) is 5.73 Å². The minimum atomic E-state index is 0.398. The molecule has 1 unspecified atom stereocenters. The van der Waals surface area contributed by atoms with Crippen molar-refractivity contribution in [1.29, 1.82) is 0 Å². The van der Waals surface area contributed by atoms with Crippen LogP contribution in [-0.2, 0) is 11.2 Å². The number of hydrogen-bond acceptors (Lipinski definition) is 2. The summed E-state index contributed by atoms with van der Waals surface area (Å²) in [6.07, 6.45) is 5.41. The summed E-state index contributed by atoms with van der Waals surface area (Å²) in [4.78, 5) is 11.7. The molecule has 0 aliphatic rings. The lowest BCUT2D eigenvalue weighted by Crippen LogP contribution is -2.08. The molecule has 1 aromatic rings. The molecule has 0 saturated heterocycles. The molecule has 1 atom stereocenters. The molecule has 0 spiro atoms. The van der Waals surface area contributed by atoms with Gasteiger partial charge in [-0.25, -0.2) is 0 Å². The van der Waals surface area contributed by atoms with Crippen molar-refractivity contribution < 1.29 is 4.79 Å². The molecule has 0 aliphatic carbocycles. The van der Waals surface area contributed by atoms with Gasteiger partial charge in [0.1, 0.15) is 5.78 Å². The zero-order valence-corrected chi connectivity index (χ0v) is 11.4. The van der Waals surface area contributed by atoms with Gasteiger partial charge in [0.25, 0.3) is 0 Å². The van der Waals surface area contributed by atoms with E-state index in [0.717, 1.165) is 38.6 Å². The van der Waals surface area contributed by atoms with Crippen molar-refractivity contribution >= 4 is 5.78 Å². The molecule has 0 fully saturated rings. The third kappa shape index (κ3) is 6.55. The summed E-state index contributed by atoms with van der Waals surface area (Å²) < 4.78 is 0. The molecular weight excluding hydrogens is 222 g/mol. The zero-order chi connectivity index (χ0) is 13.2. The Bertz CT molecular complexity index is 334. The van der Waals surface area contributed by atoms with Gasteiger partial charge in [-0.05, 0) is 43.7 Å². The monoisotopic (exact) mass is 247 g/mol. The summed E-state index contributed by atoms with van der Waals surface area (Å²) in [7, 11) is 0. The summed E-state index contributed by atoms with van der Waals surface area (Å²) in [5, 5.41) is 0. The van der Waals surface area contributed by atoms with Crippen LogP contribution < -0.4 is 5.73 Å². The lowest BCUT2D eigenvalue weighted by atomic mass is 9.98. The van der Waals surface area contributed by atoms with E-state index in [-0.39, 0.29) is 0 Å². The molecule has 2 heteroatoms. The number of benzene rings is 1. The van der Waals surface area contributed by atoms with E-state index in [1.165, 1.54) is 5.56 Å². The predicted molar refractivity (Wildman–Crippen MR) is 76.5 cm³/mol. The summed E-state index contributed by atoms with van der Waals surface area (Å²) in [6.45, 7) is 2.90. The van der Waals surface area contributed by atoms with E-state index in [0.29, 0.717) is 18.1 Å². The van der Waals surface area contributed by atoms with E-state index in [9.17, 15) is 4.79 Å². The average Bonchev–Trinajstić information content (AvgIpc) is 2.38. The van der Waals surface area contributed by atoms with Crippen LogP contribution in [0, 0.1) is 5.92 Å². The van der Waals surface area contributed by atoms with E-state index >= 15 is 0 Å². The maximum Gasteiger partial charge on any atom is 0.132 e. The van der Waals surface area contributed by atoms with Gasteiger partial charge >= 0.3 is 0 Å². The molecule has 0 bridgehead atoms. The normalized spacial score (nSPS) is 12.3. The smallest absolute Gasteiger partial charge is 0.132 e. The Hall–Kier alpha value is -1.15. The molecule has 18 heavy (non-hydrogen) atoms. The number of nitrogens with two attached hydrogens (primary N) is 1. The quantitative estimate of drug-likeness (QED) is 0.727. The first-order chi connectivity index (χ1) is 8.72. The molecule has 0 amide bonds. The molecule has 1 rings (SSSR count). The van der Waals surface area contributed by atoms with Crippen LogP contribution in [0.1, 0.15) is 44.6 Å². The summed E-state index contributed by atoms with van der Waals surface area (Å²) in [6, 6.07) is 10.4. The Morgan fingerprint density at radius 1 is 1.17 bits per heavy atom. The first-order valence-corrected chi connectivity index (χ1v) is 6.98. The van der Waals surface area contributed by atoms with Gasteiger partial charge in [0.15, 0.2) is 0 Å². The van der Waals surface area contributed by atoms with Crippen molar-refractivity contribution in [1.82, 2.24) is 0 Å². The van der Waals surface area contributed by atoms with Crippen molar-refractivity contribution in [3.8, 4) is 0 Å². The van der Waals surface area contributed by atoms with Gasteiger partial charge in [0.05, 0.1) is 0 Å². The Kier molecular flexibility index (Phi) is 7.35. The number of hydrogen-bond donors (Lipinski definition) is 1. The van der Waals surface area contributed by atoms with Crippen molar-refractivity contribution in [2.75, 3.05) is 6.54 Å². The fourth-order valence-corrected chi connectivity index (χ4v) is 2.10. The van der Waals surface area contributed by atoms with Crippen LogP contribution in [0.15, 0.2) is 30.3 Å². The highest BCUT2D eigenvalue weighted by Crippen LogP contribution is 2.12. The van der Waals surface area contributed by atoms with Gasteiger partial charge in [-0.15, -0.1) is 0 Å². The summed E-state index contributed by atoms with van der Waals surface area (Å²) >= 11 is 0. The molecule has 0 radical (unpaired) electrons. The number of carbonyl (C=O) groups excluding carboxylic acids is 1. The van der Waals surface area contributed by atoms with E-state index in [2.05, 4.69) is 19.1 Å². The van der Waals surface area contributed by atoms with Crippen LogP contribution in [0.2, 0.25) is 0 Å². The number of ketones is 1. The molecule has 0 aliphatic heterocycles. The Morgan fingerprint density at radius 2 is 1.89 bits per heavy atom. The second-order valence-corrected chi connectivity index (χ2v) is 5.10. The average molecular weight is 247 g/mol. The van der Waals surface area contributed by atoms with E-state index in [1.54, 1.807) is 0 Å². The molecule has 2 N–H and O–H groups in total. The van der Waals surface area contributed by atoms with Gasteiger partial charge in [0.2, 0.25) is 0 Å². The van der Waals surface area contributed by atoms with Gasteiger partial charge in [-0.2, -0.15) is 0 Å². The van der Waals surface area contributed by atoms with Gasteiger partial charge in [-0.3, -0.25) is 4.79 Å². The highest BCUT2D eigenvalue weighted by Gasteiger charge is 2.06. The highest BCUT2D eigenvalue weighted by atomic mass is 16.1. The number of Topliss-reactive ketones (excluding diaryl/α,β-unsaturated/α-hetero) is 1. The molecule has 2 nitrogen and oxygen atoms in total. The Labute approximate surface area is 111 Å². The van der Waals surface area contributed by atoms with Crippen LogP contribution in [0.3, 0.4) is 0 Å². The van der Waals surface area contributed by atoms with Gasteiger partial charge < -0.3 is 5.73 Å². The number of carbonyl (C=O) groups is 1. The topological polar surface area (TPSA) is 43.1 Å². The van der Waals surface area contributed by atoms with Crippen LogP contribution >= 0.6 is 0 Å². The predicted octanol–water partition coefficient (Wildman–Crippen LogP) is 3.34. The number of aryl methyl sites for hydroxylation is 1. The van der Waals surface area contributed by atoms with Crippen LogP contribution in [-0.4, -0.2) is 12.3 Å². The Morgan fingerprint density at radius 3 is 2.56 bits per heavy atom. The van der Waals surface area contributed by atoms with Crippen molar-refractivity contribution in [3.63, 3.8) is 0 Å². The van der Waals surface area contributed by atoms with Crippen LogP contribution in [0.25, 0.3) is 0 Å². The fourth-order valence-electron chi connectivity index (χ4n) is 2.10. The van der Waals surface area contributed by atoms with Crippen molar-refractivity contribution in [3.05, 3.63) is 35.9 Å². The lowest BCUT2D eigenvalue weighted by Gasteiger charge is -2.08. The molecular formula is C16H25NO. The molecule has 0 heterocycles. The first kappa shape index (κ1) is 14.9. The van der Waals surface area contributed by atoms with Gasteiger partial charge in [-0.1, -0.05) is 37.3 Å². The molecule has 0 aromatic heterocycles. The highest BCUT2D eigenvalue weighted by molar-refractivity contribution is 5.78.